The number of aliphatic hydroxyl groups excluding tert-OH is 1. The third-order valence-electron chi connectivity index (χ3n) is 7.65. The van der Waals surface area contributed by atoms with E-state index in [2.05, 4.69) is 25.2 Å². The number of ether oxygens (including phenoxy) is 4. The smallest absolute Gasteiger partial charge is 0.223 e. The van der Waals surface area contributed by atoms with Crippen LogP contribution in [0, 0.1) is 23.7 Å². The number of carbonyl (C=O) groups excluding carboxylic acids is 1. The molecular formula is C30H52N2O6. The Balaban J connectivity index is 1.97. The fraction of sp³-hybridized carbons (Fsp3) is 0.767. The van der Waals surface area contributed by atoms with Crippen LogP contribution in [0.3, 0.4) is 0 Å². The molecule has 1 aromatic carbocycles. The van der Waals surface area contributed by atoms with Crippen molar-refractivity contribution in [2.24, 2.45) is 29.4 Å². The molecule has 0 spiro atoms. The maximum Gasteiger partial charge on any atom is 0.223 e. The monoisotopic (exact) mass is 536 g/mol. The molecule has 1 amide bonds. The van der Waals surface area contributed by atoms with E-state index in [-0.39, 0.29) is 29.8 Å². The average molecular weight is 537 g/mol. The predicted molar refractivity (Wildman–Crippen MR) is 151 cm³/mol. The van der Waals surface area contributed by atoms with E-state index in [0.29, 0.717) is 44.3 Å². The lowest BCUT2D eigenvalue weighted by Crippen LogP contribution is -2.43. The normalized spacial score (nSPS) is 18.8. The molecule has 0 radical (unpaired) electrons. The van der Waals surface area contributed by atoms with Gasteiger partial charge in [0.05, 0.1) is 25.9 Å². The minimum Gasteiger partial charge on any atom is -0.493 e. The molecule has 1 fully saturated rings. The molecule has 38 heavy (non-hydrogen) atoms. The number of nitrogens with two attached hydrogens (primary N) is 1. The van der Waals surface area contributed by atoms with Gasteiger partial charge in [-0.1, -0.05) is 33.8 Å². The molecule has 1 aromatic rings. The first-order chi connectivity index (χ1) is 18.2. The van der Waals surface area contributed by atoms with Gasteiger partial charge in [-0.05, 0) is 67.6 Å². The van der Waals surface area contributed by atoms with Crippen molar-refractivity contribution in [2.45, 2.75) is 84.5 Å². The standard InChI is InChI=1S/C30H52N2O6/c1-20(2)23(15-22-10-11-28(36-6)29(16-22)38-14-8-12-35-5)17-26(31)27(33)18-25(21(3)4)30(34)32-19-24-9-7-13-37-24/h10-11,16,20-21,23-27,33H,7-9,12-15,17-19,31H2,1-6H3,(H,32,34)/t23?,24-,25?,26?,27?/m0/s1. The number of carbonyl (C=O) groups is 1. The summed E-state index contributed by atoms with van der Waals surface area (Å²) in [6.45, 7) is 10.9. The molecule has 0 saturated carbocycles. The van der Waals surface area contributed by atoms with Crippen LogP contribution in [0.15, 0.2) is 18.2 Å². The van der Waals surface area contributed by atoms with Crippen molar-refractivity contribution in [3.63, 3.8) is 0 Å². The van der Waals surface area contributed by atoms with Crippen molar-refractivity contribution in [2.75, 3.05) is 40.6 Å². The molecular weight excluding hydrogens is 484 g/mol. The van der Waals surface area contributed by atoms with Gasteiger partial charge in [0.2, 0.25) is 5.91 Å². The SMILES string of the molecule is COCCCOc1cc(CC(CC(N)C(O)CC(C(=O)NC[C@@H]2CCCO2)C(C)C)C(C)C)ccc1OC. The van der Waals surface area contributed by atoms with Crippen LogP contribution in [0.25, 0.3) is 0 Å². The summed E-state index contributed by atoms with van der Waals surface area (Å²) in [5.41, 5.74) is 7.68. The molecule has 1 aliphatic heterocycles. The van der Waals surface area contributed by atoms with Gasteiger partial charge in [-0.15, -0.1) is 0 Å². The van der Waals surface area contributed by atoms with Crippen molar-refractivity contribution in [3.8, 4) is 11.5 Å². The summed E-state index contributed by atoms with van der Waals surface area (Å²) in [5, 5.41) is 14.1. The highest BCUT2D eigenvalue weighted by atomic mass is 16.5. The van der Waals surface area contributed by atoms with Crippen molar-refractivity contribution in [1.29, 1.82) is 0 Å². The van der Waals surface area contributed by atoms with Gasteiger partial charge in [0, 0.05) is 45.2 Å². The second-order valence-corrected chi connectivity index (χ2v) is 11.3. The summed E-state index contributed by atoms with van der Waals surface area (Å²) in [5.74, 6) is 1.84. The van der Waals surface area contributed by atoms with E-state index in [9.17, 15) is 9.90 Å². The minimum atomic E-state index is -0.757. The van der Waals surface area contributed by atoms with Crippen LogP contribution in [0.5, 0.6) is 11.5 Å². The van der Waals surface area contributed by atoms with Crippen LogP contribution in [0.4, 0.5) is 0 Å². The molecule has 8 nitrogen and oxygen atoms in total. The third kappa shape index (κ3) is 10.7. The van der Waals surface area contributed by atoms with Gasteiger partial charge in [0.1, 0.15) is 0 Å². The third-order valence-corrected chi connectivity index (χ3v) is 7.65. The van der Waals surface area contributed by atoms with Crippen molar-refractivity contribution in [3.05, 3.63) is 23.8 Å². The maximum absolute atomic E-state index is 12.9. The number of hydrogen-bond donors (Lipinski definition) is 3. The second kappa shape index (κ2) is 17.0. The quantitative estimate of drug-likeness (QED) is 0.244. The summed E-state index contributed by atoms with van der Waals surface area (Å²) >= 11 is 0. The van der Waals surface area contributed by atoms with Gasteiger partial charge in [-0.25, -0.2) is 0 Å². The lowest BCUT2D eigenvalue weighted by atomic mass is 9.81. The van der Waals surface area contributed by atoms with Crippen LogP contribution in [-0.4, -0.2) is 69.8 Å². The zero-order valence-electron chi connectivity index (χ0n) is 24.4. The first-order valence-electron chi connectivity index (χ1n) is 14.3. The van der Waals surface area contributed by atoms with E-state index in [1.165, 1.54) is 0 Å². The number of benzene rings is 1. The zero-order valence-corrected chi connectivity index (χ0v) is 24.4. The Kier molecular flexibility index (Phi) is 14.4. The molecule has 1 heterocycles. The molecule has 4 N–H and O–H groups in total. The molecule has 4 unspecified atom stereocenters. The second-order valence-electron chi connectivity index (χ2n) is 11.3. The summed E-state index contributed by atoms with van der Waals surface area (Å²) in [4.78, 5) is 12.9. The van der Waals surface area contributed by atoms with Crippen molar-refractivity contribution in [1.82, 2.24) is 5.32 Å². The lowest BCUT2D eigenvalue weighted by Gasteiger charge is -2.30. The molecule has 218 valence electrons. The van der Waals surface area contributed by atoms with E-state index in [1.807, 2.05) is 26.0 Å². The van der Waals surface area contributed by atoms with E-state index in [1.54, 1.807) is 14.2 Å². The largest absolute Gasteiger partial charge is 0.493 e. The Morgan fingerprint density at radius 3 is 2.50 bits per heavy atom. The Morgan fingerprint density at radius 2 is 1.89 bits per heavy atom. The minimum absolute atomic E-state index is 0.0292. The topological polar surface area (TPSA) is 112 Å². The summed E-state index contributed by atoms with van der Waals surface area (Å²) in [6, 6.07) is 5.62. The van der Waals surface area contributed by atoms with Crippen LogP contribution in [0.1, 0.15) is 65.4 Å². The van der Waals surface area contributed by atoms with Crippen LogP contribution >= 0.6 is 0 Å². The maximum atomic E-state index is 12.9. The molecule has 1 saturated heterocycles. The highest BCUT2D eigenvalue weighted by Crippen LogP contribution is 2.31. The van der Waals surface area contributed by atoms with E-state index >= 15 is 0 Å². The lowest BCUT2D eigenvalue weighted by molar-refractivity contribution is -0.128. The van der Waals surface area contributed by atoms with Gasteiger partial charge >= 0.3 is 0 Å². The zero-order chi connectivity index (χ0) is 28.1. The fourth-order valence-corrected chi connectivity index (χ4v) is 5.01. The number of rotatable bonds is 18. The Hall–Kier alpha value is -1.87. The average Bonchev–Trinajstić information content (AvgIpc) is 3.41. The van der Waals surface area contributed by atoms with Gasteiger partial charge in [-0.2, -0.15) is 0 Å². The van der Waals surface area contributed by atoms with Crippen LogP contribution in [0.2, 0.25) is 0 Å². The van der Waals surface area contributed by atoms with Gasteiger partial charge in [-0.3, -0.25) is 4.79 Å². The van der Waals surface area contributed by atoms with Crippen molar-refractivity contribution >= 4 is 5.91 Å². The van der Waals surface area contributed by atoms with E-state index in [4.69, 9.17) is 24.7 Å². The number of aliphatic hydroxyl groups is 1. The molecule has 0 aromatic heterocycles. The molecule has 2 rings (SSSR count). The predicted octanol–water partition coefficient (Wildman–Crippen LogP) is 3.96. The van der Waals surface area contributed by atoms with Crippen molar-refractivity contribution < 1.29 is 28.8 Å². The summed E-state index contributed by atoms with van der Waals surface area (Å²) < 4.78 is 22.2. The Morgan fingerprint density at radius 1 is 1.13 bits per heavy atom. The van der Waals surface area contributed by atoms with Gasteiger partial charge < -0.3 is 35.1 Å². The van der Waals surface area contributed by atoms with Gasteiger partial charge in [0.25, 0.3) is 0 Å². The molecule has 8 heteroatoms. The summed E-state index contributed by atoms with van der Waals surface area (Å²) in [6.07, 6.45) is 3.98. The first kappa shape index (κ1) is 32.3. The molecule has 5 atom stereocenters. The van der Waals surface area contributed by atoms with E-state index < -0.39 is 12.1 Å². The first-order valence-corrected chi connectivity index (χ1v) is 14.3. The highest BCUT2D eigenvalue weighted by Gasteiger charge is 2.30. The summed E-state index contributed by atoms with van der Waals surface area (Å²) in [7, 11) is 3.32. The Labute approximate surface area is 229 Å². The fourth-order valence-electron chi connectivity index (χ4n) is 5.01. The van der Waals surface area contributed by atoms with Gasteiger partial charge in [0.15, 0.2) is 11.5 Å². The molecule has 1 aliphatic rings. The van der Waals surface area contributed by atoms with Crippen LogP contribution in [-0.2, 0) is 20.7 Å². The number of methoxy groups -OCH3 is 2. The molecule has 0 bridgehead atoms. The highest BCUT2D eigenvalue weighted by molar-refractivity contribution is 5.78. The van der Waals surface area contributed by atoms with Crippen LogP contribution < -0.4 is 20.5 Å². The number of hydrogen-bond acceptors (Lipinski definition) is 7. The Bertz CT molecular complexity index is 812. The van der Waals surface area contributed by atoms with E-state index in [0.717, 1.165) is 43.6 Å². The molecule has 0 aliphatic carbocycles. The number of amides is 1. The number of nitrogens with one attached hydrogen (secondary N) is 1.